The Morgan fingerprint density at radius 1 is 1.24 bits per heavy atom. The normalized spacial score (nSPS) is 21.8. The van der Waals surface area contributed by atoms with Crippen LogP contribution in [0.5, 0.6) is 0 Å². The highest BCUT2D eigenvalue weighted by Crippen LogP contribution is 2.37. The van der Waals surface area contributed by atoms with Crippen molar-refractivity contribution in [2.45, 2.75) is 13.3 Å². The van der Waals surface area contributed by atoms with Crippen LogP contribution in [0.1, 0.15) is 23.7 Å². The van der Waals surface area contributed by atoms with Gasteiger partial charge in [0.15, 0.2) is 0 Å². The van der Waals surface area contributed by atoms with Crippen LogP contribution in [0.3, 0.4) is 0 Å². The molecule has 2 N–H and O–H groups in total. The predicted molar refractivity (Wildman–Crippen MR) is 59.3 cm³/mol. The zero-order chi connectivity index (χ0) is 12.4. The summed E-state index contributed by atoms with van der Waals surface area (Å²) in [5.74, 6) is -0.641. The predicted octanol–water partition coefficient (Wildman–Crippen LogP) is 1.24. The standard InChI is InChI=1S/C12H13FN2O2/c1-7-6-10(7)12(17)15-14-11(16)8-2-4-9(13)5-3-8/h2-5,7,10H,6H2,1H3,(H,14,16)(H,15,17)/t7-,10+/m1/s1. The number of halogens is 1. The van der Waals surface area contributed by atoms with Crippen LogP contribution >= 0.6 is 0 Å². The van der Waals surface area contributed by atoms with Gasteiger partial charge in [0.25, 0.3) is 5.91 Å². The summed E-state index contributed by atoms with van der Waals surface area (Å²) in [5.41, 5.74) is 4.96. The van der Waals surface area contributed by atoms with Crippen molar-refractivity contribution in [1.82, 2.24) is 10.9 Å². The first-order chi connectivity index (χ1) is 8.08. The smallest absolute Gasteiger partial charge is 0.269 e. The van der Waals surface area contributed by atoms with E-state index < -0.39 is 11.7 Å². The van der Waals surface area contributed by atoms with Crippen LogP contribution in [-0.2, 0) is 4.79 Å². The average molecular weight is 236 g/mol. The van der Waals surface area contributed by atoms with E-state index in [1.54, 1.807) is 0 Å². The van der Waals surface area contributed by atoms with Crippen molar-refractivity contribution >= 4 is 11.8 Å². The molecule has 2 amide bonds. The van der Waals surface area contributed by atoms with Gasteiger partial charge in [-0.1, -0.05) is 6.92 Å². The molecule has 0 unspecified atom stereocenters. The van der Waals surface area contributed by atoms with E-state index in [-0.39, 0.29) is 11.8 Å². The Labute approximate surface area is 98.2 Å². The van der Waals surface area contributed by atoms with Gasteiger partial charge in [0, 0.05) is 11.5 Å². The largest absolute Gasteiger partial charge is 0.273 e. The molecule has 0 radical (unpaired) electrons. The van der Waals surface area contributed by atoms with Gasteiger partial charge in [-0.05, 0) is 36.6 Å². The molecule has 0 heterocycles. The van der Waals surface area contributed by atoms with Crippen molar-refractivity contribution in [2.75, 3.05) is 0 Å². The number of carbonyl (C=O) groups is 2. The first-order valence-corrected chi connectivity index (χ1v) is 5.43. The van der Waals surface area contributed by atoms with Crippen molar-refractivity contribution in [1.29, 1.82) is 0 Å². The number of carbonyl (C=O) groups excluding carboxylic acids is 2. The Balaban J connectivity index is 1.85. The van der Waals surface area contributed by atoms with Crippen LogP contribution in [0, 0.1) is 17.7 Å². The highest BCUT2D eigenvalue weighted by Gasteiger charge is 2.39. The van der Waals surface area contributed by atoms with Crippen LogP contribution < -0.4 is 10.9 Å². The Morgan fingerprint density at radius 3 is 2.35 bits per heavy atom. The van der Waals surface area contributed by atoms with Gasteiger partial charge in [-0.2, -0.15) is 0 Å². The Kier molecular flexibility index (Phi) is 3.08. The number of nitrogens with one attached hydrogen (secondary N) is 2. The van der Waals surface area contributed by atoms with Crippen LogP contribution in [0.25, 0.3) is 0 Å². The Bertz CT molecular complexity index is 444. The van der Waals surface area contributed by atoms with Gasteiger partial charge in [-0.25, -0.2) is 4.39 Å². The molecule has 0 spiro atoms. The van der Waals surface area contributed by atoms with E-state index >= 15 is 0 Å². The van der Waals surface area contributed by atoms with E-state index in [0.717, 1.165) is 6.42 Å². The molecule has 4 nitrogen and oxygen atoms in total. The number of amides is 2. The molecule has 1 aromatic carbocycles. The minimum absolute atomic E-state index is 0.00326. The zero-order valence-corrected chi connectivity index (χ0v) is 9.37. The second-order valence-electron chi connectivity index (χ2n) is 4.27. The van der Waals surface area contributed by atoms with Crippen molar-refractivity contribution in [2.24, 2.45) is 11.8 Å². The van der Waals surface area contributed by atoms with Gasteiger partial charge in [0.05, 0.1) is 0 Å². The third-order valence-electron chi connectivity index (χ3n) is 2.85. The van der Waals surface area contributed by atoms with Crippen LogP contribution in [-0.4, -0.2) is 11.8 Å². The van der Waals surface area contributed by atoms with Gasteiger partial charge < -0.3 is 0 Å². The molecule has 0 bridgehead atoms. The van der Waals surface area contributed by atoms with Gasteiger partial charge >= 0.3 is 0 Å². The summed E-state index contributed by atoms with van der Waals surface area (Å²) in [6.45, 7) is 1.98. The molecule has 90 valence electrons. The SMILES string of the molecule is C[C@@H]1C[C@@H]1C(=O)NNC(=O)c1ccc(F)cc1. The molecule has 1 aliphatic carbocycles. The second kappa shape index (κ2) is 4.53. The number of benzene rings is 1. The van der Waals surface area contributed by atoms with Crippen molar-refractivity contribution in [3.05, 3.63) is 35.6 Å². The van der Waals surface area contributed by atoms with E-state index in [2.05, 4.69) is 10.9 Å². The number of hydrazine groups is 1. The molecule has 0 saturated heterocycles. The lowest BCUT2D eigenvalue weighted by atomic mass is 10.2. The van der Waals surface area contributed by atoms with Gasteiger partial charge in [-0.3, -0.25) is 20.4 Å². The first-order valence-electron chi connectivity index (χ1n) is 5.43. The summed E-state index contributed by atoms with van der Waals surface area (Å²) in [5, 5.41) is 0. The van der Waals surface area contributed by atoms with E-state index in [0.29, 0.717) is 11.5 Å². The van der Waals surface area contributed by atoms with E-state index in [9.17, 15) is 14.0 Å². The molecule has 0 aliphatic heterocycles. The molecule has 1 saturated carbocycles. The first kappa shape index (κ1) is 11.6. The number of hydrogen-bond donors (Lipinski definition) is 2. The topological polar surface area (TPSA) is 58.2 Å². The molecule has 1 aliphatic rings. The lowest BCUT2D eigenvalue weighted by Crippen LogP contribution is -2.42. The fraction of sp³-hybridized carbons (Fsp3) is 0.333. The van der Waals surface area contributed by atoms with Crippen LogP contribution in [0.4, 0.5) is 4.39 Å². The van der Waals surface area contributed by atoms with Gasteiger partial charge in [0.1, 0.15) is 5.82 Å². The molecule has 1 fully saturated rings. The van der Waals surface area contributed by atoms with Crippen molar-refractivity contribution in [3.8, 4) is 0 Å². The molecule has 17 heavy (non-hydrogen) atoms. The van der Waals surface area contributed by atoms with E-state index in [1.165, 1.54) is 24.3 Å². The van der Waals surface area contributed by atoms with Gasteiger partial charge in [-0.15, -0.1) is 0 Å². The Morgan fingerprint density at radius 2 is 1.82 bits per heavy atom. The molecule has 0 aromatic heterocycles. The minimum atomic E-state index is -0.452. The summed E-state index contributed by atoms with van der Waals surface area (Å²) in [6.07, 6.45) is 0.859. The van der Waals surface area contributed by atoms with Crippen molar-refractivity contribution < 1.29 is 14.0 Å². The highest BCUT2D eigenvalue weighted by atomic mass is 19.1. The average Bonchev–Trinajstić information content (AvgIpc) is 3.04. The lowest BCUT2D eigenvalue weighted by Gasteiger charge is -2.06. The van der Waals surface area contributed by atoms with Crippen molar-refractivity contribution in [3.63, 3.8) is 0 Å². The van der Waals surface area contributed by atoms with E-state index in [4.69, 9.17) is 0 Å². The third kappa shape index (κ3) is 2.81. The second-order valence-corrected chi connectivity index (χ2v) is 4.27. The fourth-order valence-electron chi connectivity index (χ4n) is 1.57. The fourth-order valence-corrected chi connectivity index (χ4v) is 1.57. The minimum Gasteiger partial charge on any atom is -0.273 e. The molecule has 5 heteroatoms. The maximum Gasteiger partial charge on any atom is 0.269 e. The van der Waals surface area contributed by atoms with E-state index in [1.807, 2.05) is 6.92 Å². The lowest BCUT2D eigenvalue weighted by molar-refractivity contribution is -0.123. The van der Waals surface area contributed by atoms with Crippen LogP contribution in [0.15, 0.2) is 24.3 Å². The maximum atomic E-state index is 12.6. The monoisotopic (exact) mass is 236 g/mol. The summed E-state index contributed by atoms with van der Waals surface area (Å²) >= 11 is 0. The Hall–Kier alpha value is -1.91. The quantitative estimate of drug-likeness (QED) is 0.759. The molecule has 1 aromatic rings. The molecule has 2 atom stereocenters. The summed E-state index contributed by atoms with van der Waals surface area (Å²) in [7, 11) is 0. The zero-order valence-electron chi connectivity index (χ0n) is 9.37. The molecular formula is C12H13FN2O2. The number of rotatable bonds is 2. The number of hydrogen-bond acceptors (Lipinski definition) is 2. The highest BCUT2D eigenvalue weighted by molar-refractivity contribution is 5.95. The third-order valence-corrected chi connectivity index (χ3v) is 2.85. The molecular weight excluding hydrogens is 223 g/mol. The maximum absolute atomic E-state index is 12.6. The summed E-state index contributed by atoms with van der Waals surface area (Å²) in [4.78, 5) is 23.0. The summed E-state index contributed by atoms with van der Waals surface area (Å²) < 4.78 is 12.6. The summed E-state index contributed by atoms with van der Waals surface area (Å²) in [6, 6.07) is 5.10. The van der Waals surface area contributed by atoms with Crippen LogP contribution in [0.2, 0.25) is 0 Å². The van der Waals surface area contributed by atoms with Gasteiger partial charge in [0.2, 0.25) is 5.91 Å². The molecule has 2 rings (SSSR count).